The molecule has 16 heavy (non-hydrogen) atoms. The maximum Gasteiger partial charge on any atom is 0.323 e. The Kier molecular flexibility index (Phi) is 3.19. The van der Waals surface area contributed by atoms with Gasteiger partial charge >= 0.3 is 5.97 Å². The van der Waals surface area contributed by atoms with Gasteiger partial charge in [-0.3, -0.25) is 14.7 Å². The highest BCUT2D eigenvalue weighted by Gasteiger charge is 2.36. The van der Waals surface area contributed by atoms with E-state index in [1.807, 2.05) is 25.4 Å². The maximum atomic E-state index is 11.5. The molecule has 0 saturated carbocycles. The molecule has 1 fully saturated rings. The van der Waals surface area contributed by atoms with E-state index in [0.717, 1.165) is 18.4 Å². The van der Waals surface area contributed by atoms with Gasteiger partial charge in [0.1, 0.15) is 6.04 Å². The van der Waals surface area contributed by atoms with E-state index in [2.05, 4.69) is 9.88 Å². The number of rotatable bonds is 2. The first-order valence-electron chi connectivity index (χ1n) is 5.43. The van der Waals surface area contributed by atoms with Crippen LogP contribution in [-0.4, -0.2) is 36.1 Å². The van der Waals surface area contributed by atoms with Crippen molar-refractivity contribution in [3.8, 4) is 0 Å². The SMILES string of the molecule is COC(=O)C1CCC(c2cccnc2)N1C. The minimum Gasteiger partial charge on any atom is -0.468 e. The third-order valence-electron chi connectivity index (χ3n) is 3.24. The van der Waals surface area contributed by atoms with Crippen LogP contribution in [0.1, 0.15) is 24.4 Å². The Labute approximate surface area is 95.2 Å². The Morgan fingerprint density at radius 1 is 1.56 bits per heavy atom. The van der Waals surface area contributed by atoms with Gasteiger partial charge in [-0.15, -0.1) is 0 Å². The highest BCUT2D eigenvalue weighted by atomic mass is 16.5. The average Bonchev–Trinajstić information content (AvgIpc) is 2.71. The standard InChI is InChI=1S/C12H16N2O2/c1-14-10(9-4-3-7-13-8-9)5-6-11(14)12(15)16-2/h3-4,7-8,10-11H,5-6H2,1-2H3. The molecule has 0 amide bonds. The normalized spacial score (nSPS) is 25.6. The van der Waals surface area contributed by atoms with Crippen LogP contribution >= 0.6 is 0 Å². The monoisotopic (exact) mass is 220 g/mol. The number of aromatic nitrogens is 1. The van der Waals surface area contributed by atoms with Crippen molar-refractivity contribution in [2.24, 2.45) is 0 Å². The van der Waals surface area contributed by atoms with Crippen molar-refractivity contribution < 1.29 is 9.53 Å². The average molecular weight is 220 g/mol. The fourth-order valence-corrected chi connectivity index (χ4v) is 2.34. The summed E-state index contributed by atoms with van der Waals surface area (Å²) in [7, 11) is 3.40. The molecule has 2 atom stereocenters. The van der Waals surface area contributed by atoms with Crippen LogP contribution in [0.25, 0.3) is 0 Å². The molecule has 2 unspecified atom stereocenters. The molecular weight excluding hydrogens is 204 g/mol. The van der Waals surface area contributed by atoms with E-state index >= 15 is 0 Å². The number of methoxy groups -OCH3 is 1. The summed E-state index contributed by atoms with van der Waals surface area (Å²) in [6.45, 7) is 0. The van der Waals surface area contributed by atoms with E-state index in [4.69, 9.17) is 4.74 Å². The van der Waals surface area contributed by atoms with Gasteiger partial charge < -0.3 is 4.74 Å². The second-order valence-electron chi connectivity index (χ2n) is 4.08. The molecule has 0 aliphatic carbocycles. The molecule has 2 rings (SSSR count). The minimum atomic E-state index is -0.145. The number of nitrogens with zero attached hydrogens (tertiary/aromatic N) is 2. The molecule has 4 nitrogen and oxygen atoms in total. The lowest BCUT2D eigenvalue weighted by atomic mass is 10.1. The third kappa shape index (κ3) is 1.93. The Morgan fingerprint density at radius 3 is 3.00 bits per heavy atom. The molecule has 0 N–H and O–H groups in total. The lowest BCUT2D eigenvalue weighted by Gasteiger charge is -2.23. The Bertz CT molecular complexity index is 367. The van der Waals surface area contributed by atoms with Gasteiger partial charge in [0, 0.05) is 18.4 Å². The molecule has 86 valence electrons. The molecule has 1 aromatic heterocycles. The summed E-state index contributed by atoms with van der Waals surface area (Å²) in [6.07, 6.45) is 5.45. The number of hydrogen-bond donors (Lipinski definition) is 0. The van der Waals surface area contributed by atoms with Crippen LogP contribution in [0.5, 0.6) is 0 Å². The molecular formula is C12H16N2O2. The molecule has 0 bridgehead atoms. The summed E-state index contributed by atoms with van der Waals surface area (Å²) in [6, 6.07) is 4.13. The second-order valence-corrected chi connectivity index (χ2v) is 4.08. The van der Waals surface area contributed by atoms with E-state index in [-0.39, 0.29) is 18.1 Å². The third-order valence-corrected chi connectivity index (χ3v) is 3.24. The number of hydrogen-bond acceptors (Lipinski definition) is 4. The zero-order valence-corrected chi connectivity index (χ0v) is 9.59. The van der Waals surface area contributed by atoms with Crippen molar-refractivity contribution in [1.29, 1.82) is 0 Å². The van der Waals surface area contributed by atoms with Crippen LogP contribution in [0.15, 0.2) is 24.5 Å². The van der Waals surface area contributed by atoms with E-state index < -0.39 is 0 Å². The maximum absolute atomic E-state index is 11.5. The fourth-order valence-electron chi connectivity index (χ4n) is 2.34. The van der Waals surface area contributed by atoms with Crippen molar-refractivity contribution in [2.45, 2.75) is 24.9 Å². The van der Waals surface area contributed by atoms with Crippen LogP contribution in [0.3, 0.4) is 0 Å². The Hall–Kier alpha value is -1.42. The Morgan fingerprint density at radius 2 is 2.38 bits per heavy atom. The highest BCUT2D eigenvalue weighted by Crippen LogP contribution is 2.34. The van der Waals surface area contributed by atoms with Crippen LogP contribution in [0.2, 0.25) is 0 Å². The topological polar surface area (TPSA) is 42.4 Å². The first-order valence-corrected chi connectivity index (χ1v) is 5.43. The first kappa shape index (κ1) is 11.1. The van der Waals surface area contributed by atoms with E-state index in [1.165, 1.54) is 7.11 Å². The largest absolute Gasteiger partial charge is 0.468 e. The summed E-state index contributed by atoms with van der Waals surface area (Å²) in [5, 5.41) is 0. The molecule has 4 heteroatoms. The molecule has 2 heterocycles. The van der Waals surface area contributed by atoms with Crippen molar-refractivity contribution in [2.75, 3.05) is 14.2 Å². The van der Waals surface area contributed by atoms with Crippen molar-refractivity contribution in [3.63, 3.8) is 0 Å². The molecule has 0 spiro atoms. The molecule has 1 saturated heterocycles. The van der Waals surface area contributed by atoms with Crippen LogP contribution in [0.4, 0.5) is 0 Å². The van der Waals surface area contributed by atoms with Crippen molar-refractivity contribution in [1.82, 2.24) is 9.88 Å². The van der Waals surface area contributed by atoms with Crippen LogP contribution < -0.4 is 0 Å². The van der Waals surface area contributed by atoms with E-state index in [9.17, 15) is 4.79 Å². The van der Waals surface area contributed by atoms with Gasteiger partial charge in [0.25, 0.3) is 0 Å². The number of likely N-dealkylation sites (N-methyl/N-ethyl adjacent to an activating group) is 1. The van der Waals surface area contributed by atoms with Gasteiger partial charge in [-0.1, -0.05) is 6.07 Å². The van der Waals surface area contributed by atoms with E-state index in [0.29, 0.717) is 0 Å². The molecule has 1 aliphatic heterocycles. The summed E-state index contributed by atoms with van der Waals surface area (Å²) in [5.74, 6) is -0.145. The fraction of sp³-hybridized carbons (Fsp3) is 0.500. The van der Waals surface area contributed by atoms with E-state index in [1.54, 1.807) is 6.20 Å². The summed E-state index contributed by atoms with van der Waals surface area (Å²) in [4.78, 5) is 17.7. The lowest BCUT2D eigenvalue weighted by Crippen LogP contribution is -2.35. The number of pyridine rings is 1. The molecule has 1 aromatic rings. The Balaban J connectivity index is 2.13. The minimum absolute atomic E-state index is 0.116. The number of likely N-dealkylation sites (tertiary alicyclic amines) is 1. The highest BCUT2D eigenvalue weighted by molar-refractivity contribution is 5.76. The molecule has 1 aliphatic rings. The quantitative estimate of drug-likeness (QED) is 0.706. The summed E-state index contributed by atoms with van der Waals surface area (Å²) >= 11 is 0. The van der Waals surface area contributed by atoms with Gasteiger partial charge in [0.2, 0.25) is 0 Å². The molecule has 0 aromatic carbocycles. The van der Waals surface area contributed by atoms with Crippen molar-refractivity contribution >= 4 is 5.97 Å². The molecule has 0 radical (unpaired) electrons. The number of esters is 1. The smallest absolute Gasteiger partial charge is 0.323 e. The number of carbonyl (C=O) groups excluding carboxylic acids is 1. The summed E-state index contributed by atoms with van der Waals surface area (Å²) in [5.41, 5.74) is 1.16. The lowest BCUT2D eigenvalue weighted by molar-refractivity contribution is -0.145. The van der Waals surface area contributed by atoms with Gasteiger partial charge in [-0.25, -0.2) is 0 Å². The number of ether oxygens (including phenoxy) is 1. The van der Waals surface area contributed by atoms with Crippen molar-refractivity contribution in [3.05, 3.63) is 30.1 Å². The summed E-state index contributed by atoms with van der Waals surface area (Å²) < 4.78 is 4.79. The number of carbonyl (C=O) groups is 1. The van der Waals surface area contributed by atoms with Gasteiger partial charge in [-0.05, 0) is 31.5 Å². The van der Waals surface area contributed by atoms with Crippen LogP contribution in [-0.2, 0) is 9.53 Å². The van der Waals surface area contributed by atoms with Gasteiger partial charge in [0.05, 0.1) is 7.11 Å². The first-order chi connectivity index (χ1) is 7.74. The predicted octanol–water partition coefficient (Wildman–Crippen LogP) is 1.39. The second kappa shape index (κ2) is 4.61. The zero-order chi connectivity index (χ0) is 11.5. The zero-order valence-electron chi connectivity index (χ0n) is 9.59. The van der Waals surface area contributed by atoms with Crippen LogP contribution in [0, 0.1) is 0 Å². The van der Waals surface area contributed by atoms with Gasteiger partial charge in [0.15, 0.2) is 0 Å². The van der Waals surface area contributed by atoms with Gasteiger partial charge in [-0.2, -0.15) is 0 Å². The predicted molar refractivity (Wildman–Crippen MR) is 59.8 cm³/mol.